The molecular formula is C15H14N2O3. The lowest BCUT2D eigenvalue weighted by atomic mass is 10.2. The molecule has 1 aromatic heterocycles. The predicted octanol–water partition coefficient (Wildman–Crippen LogP) is 3.00. The van der Waals surface area contributed by atoms with Crippen LogP contribution in [0.15, 0.2) is 47.0 Å². The molecular weight excluding hydrogens is 256 g/mol. The van der Waals surface area contributed by atoms with Gasteiger partial charge in [0.2, 0.25) is 0 Å². The van der Waals surface area contributed by atoms with Crippen LogP contribution < -0.4 is 15.2 Å². The molecule has 102 valence electrons. The molecule has 0 amide bonds. The number of anilines is 1. The van der Waals surface area contributed by atoms with E-state index in [-0.39, 0.29) is 0 Å². The van der Waals surface area contributed by atoms with Crippen molar-refractivity contribution in [2.24, 2.45) is 0 Å². The zero-order valence-electron chi connectivity index (χ0n) is 11.0. The van der Waals surface area contributed by atoms with Gasteiger partial charge in [0.15, 0.2) is 22.9 Å². The summed E-state index contributed by atoms with van der Waals surface area (Å²) >= 11 is 0. The highest BCUT2D eigenvalue weighted by Crippen LogP contribution is 2.35. The highest BCUT2D eigenvalue weighted by Gasteiger charge is 2.12. The van der Waals surface area contributed by atoms with Crippen molar-refractivity contribution in [1.29, 1.82) is 0 Å². The minimum atomic E-state index is 0.341. The van der Waals surface area contributed by atoms with Crippen LogP contribution in [-0.4, -0.2) is 12.3 Å². The Morgan fingerprint density at radius 1 is 1.15 bits per heavy atom. The Labute approximate surface area is 115 Å². The number of nitrogen functional groups attached to an aromatic ring is 1. The number of nitrogens with two attached hydrogens (primary N) is 1. The number of rotatable bonds is 4. The molecule has 0 aliphatic rings. The van der Waals surface area contributed by atoms with Gasteiger partial charge >= 0.3 is 0 Å². The van der Waals surface area contributed by atoms with E-state index in [1.54, 1.807) is 19.2 Å². The number of hydrogen-bond acceptors (Lipinski definition) is 5. The Balaban J connectivity index is 1.90. The van der Waals surface area contributed by atoms with Gasteiger partial charge in [-0.05, 0) is 11.6 Å². The fourth-order valence-electron chi connectivity index (χ4n) is 1.97. The molecule has 0 bridgehead atoms. The largest absolute Gasteiger partial charge is 0.493 e. The first-order valence-electron chi connectivity index (χ1n) is 6.17. The van der Waals surface area contributed by atoms with Crippen molar-refractivity contribution in [3.05, 3.63) is 48.0 Å². The van der Waals surface area contributed by atoms with Crippen LogP contribution in [0.5, 0.6) is 11.5 Å². The van der Waals surface area contributed by atoms with Gasteiger partial charge in [0.05, 0.1) is 12.5 Å². The van der Waals surface area contributed by atoms with E-state index in [1.165, 1.54) is 0 Å². The number of benzene rings is 2. The molecule has 20 heavy (non-hydrogen) atoms. The Hall–Kier alpha value is -2.69. The fraction of sp³-hybridized carbons (Fsp3) is 0.133. The normalized spacial score (nSPS) is 10.7. The van der Waals surface area contributed by atoms with Gasteiger partial charge < -0.3 is 19.7 Å². The van der Waals surface area contributed by atoms with E-state index >= 15 is 0 Å². The van der Waals surface area contributed by atoms with Crippen LogP contribution in [0.4, 0.5) is 5.82 Å². The second-order valence-electron chi connectivity index (χ2n) is 4.34. The third-order valence-electron chi connectivity index (χ3n) is 3.02. The number of nitrogens with zero attached hydrogens (tertiary/aromatic N) is 1. The first kappa shape index (κ1) is 12.3. The molecule has 0 aliphatic heterocycles. The summed E-state index contributed by atoms with van der Waals surface area (Å²) in [6.45, 7) is 0.451. The van der Waals surface area contributed by atoms with Crippen molar-refractivity contribution in [2.45, 2.75) is 6.61 Å². The van der Waals surface area contributed by atoms with Crippen molar-refractivity contribution in [3.63, 3.8) is 0 Å². The van der Waals surface area contributed by atoms with Crippen LogP contribution in [0.3, 0.4) is 0 Å². The maximum absolute atomic E-state index is 5.78. The number of fused-ring (bicyclic) bond motifs is 1. The minimum absolute atomic E-state index is 0.341. The first-order chi connectivity index (χ1) is 9.78. The van der Waals surface area contributed by atoms with Crippen LogP contribution in [0.1, 0.15) is 5.56 Å². The van der Waals surface area contributed by atoms with Crippen molar-refractivity contribution in [2.75, 3.05) is 12.8 Å². The molecule has 0 aliphatic carbocycles. The smallest absolute Gasteiger partial charge is 0.174 e. The predicted molar refractivity (Wildman–Crippen MR) is 75.7 cm³/mol. The van der Waals surface area contributed by atoms with E-state index in [0.717, 1.165) is 5.56 Å². The molecule has 0 fully saturated rings. The highest BCUT2D eigenvalue weighted by molar-refractivity contribution is 5.89. The molecule has 0 saturated carbocycles. The maximum atomic E-state index is 5.78. The van der Waals surface area contributed by atoms with Crippen LogP contribution in [0.2, 0.25) is 0 Å². The van der Waals surface area contributed by atoms with Gasteiger partial charge in [0.1, 0.15) is 6.61 Å². The molecule has 3 rings (SSSR count). The first-order valence-corrected chi connectivity index (χ1v) is 6.17. The Kier molecular flexibility index (Phi) is 3.16. The molecule has 5 nitrogen and oxygen atoms in total. The number of aromatic nitrogens is 1. The fourth-order valence-corrected chi connectivity index (χ4v) is 1.97. The summed E-state index contributed by atoms with van der Waals surface area (Å²) in [5.41, 5.74) is 7.36. The zero-order chi connectivity index (χ0) is 13.9. The zero-order valence-corrected chi connectivity index (χ0v) is 11.0. The van der Waals surface area contributed by atoms with Gasteiger partial charge in [-0.15, -0.1) is 0 Å². The van der Waals surface area contributed by atoms with Crippen LogP contribution >= 0.6 is 0 Å². The number of hydrogen-bond donors (Lipinski definition) is 1. The highest BCUT2D eigenvalue weighted by atomic mass is 16.5. The van der Waals surface area contributed by atoms with Crippen molar-refractivity contribution in [3.8, 4) is 11.5 Å². The molecule has 3 aromatic rings. The van der Waals surface area contributed by atoms with Crippen molar-refractivity contribution < 1.29 is 14.0 Å². The molecule has 2 aromatic carbocycles. The molecule has 1 heterocycles. The number of methoxy groups -OCH3 is 1. The second-order valence-corrected chi connectivity index (χ2v) is 4.34. The summed E-state index contributed by atoms with van der Waals surface area (Å²) in [5.74, 6) is 1.54. The van der Waals surface area contributed by atoms with E-state index in [4.69, 9.17) is 19.7 Å². The van der Waals surface area contributed by atoms with Gasteiger partial charge in [0.25, 0.3) is 0 Å². The lowest BCUT2D eigenvalue weighted by Crippen LogP contribution is -1.97. The monoisotopic (exact) mass is 270 g/mol. The van der Waals surface area contributed by atoms with Crippen LogP contribution in [0.25, 0.3) is 11.0 Å². The van der Waals surface area contributed by atoms with E-state index in [9.17, 15) is 0 Å². The third-order valence-corrected chi connectivity index (χ3v) is 3.02. The molecule has 0 saturated heterocycles. The lowest BCUT2D eigenvalue weighted by Gasteiger charge is -2.10. The summed E-state index contributed by atoms with van der Waals surface area (Å²) in [4.78, 5) is 0. The molecule has 0 unspecified atom stereocenters. The van der Waals surface area contributed by atoms with E-state index in [1.807, 2.05) is 30.3 Å². The van der Waals surface area contributed by atoms with Crippen molar-refractivity contribution in [1.82, 2.24) is 5.16 Å². The topological polar surface area (TPSA) is 70.5 Å². The third kappa shape index (κ3) is 2.25. The van der Waals surface area contributed by atoms with Gasteiger partial charge in [-0.1, -0.05) is 35.5 Å². The number of ether oxygens (including phenoxy) is 2. The quantitative estimate of drug-likeness (QED) is 0.789. The van der Waals surface area contributed by atoms with E-state index in [2.05, 4.69) is 5.16 Å². The summed E-state index contributed by atoms with van der Waals surface area (Å²) in [5, 5.41) is 4.44. The summed E-state index contributed by atoms with van der Waals surface area (Å²) < 4.78 is 16.2. The molecule has 0 radical (unpaired) electrons. The summed E-state index contributed by atoms with van der Waals surface area (Å²) in [7, 11) is 1.58. The van der Waals surface area contributed by atoms with Gasteiger partial charge in [-0.2, -0.15) is 0 Å². The average molecular weight is 270 g/mol. The SMILES string of the molecule is COc1cc2c(N)noc2cc1OCc1ccccc1. The van der Waals surface area contributed by atoms with Crippen molar-refractivity contribution >= 4 is 16.8 Å². The average Bonchev–Trinajstić information content (AvgIpc) is 2.86. The lowest BCUT2D eigenvalue weighted by molar-refractivity contribution is 0.284. The standard InChI is InChI=1S/C15H14N2O3/c1-18-13-7-11-12(20-17-15(11)16)8-14(13)19-9-10-5-3-2-4-6-10/h2-8H,9H2,1H3,(H2,16,17). The maximum Gasteiger partial charge on any atom is 0.174 e. The van der Waals surface area contributed by atoms with E-state index < -0.39 is 0 Å². The molecule has 2 N–H and O–H groups in total. The summed E-state index contributed by atoms with van der Waals surface area (Å²) in [6, 6.07) is 13.4. The van der Waals surface area contributed by atoms with E-state index in [0.29, 0.717) is 34.9 Å². The molecule has 0 spiro atoms. The summed E-state index contributed by atoms with van der Waals surface area (Å²) in [6.07, 6.45) is 0. The minimum Gasteiger partial charge on any atom is -0.493 e. The molecule has 5 heteroatoms. The van der Waals surface area contributed by atoms with Gasteiger partial charge in [-0.3, -0.25) is 0 Å². The van der Waals surface area contributed by atoms with Gasteiger partial charge in [0, 0.05) is 6.07 Å². The van der Waals surface area contributed by atoms with Gasteiger partial charge in [-0.25, -0.2) is 0 Å². The second kappa shape index (κ2) is 5.13. The Morgan fingerprint density at radius 2 is 1.95 bits per heavy atom. The van der Waals surface area contributed by atoms with Crippen LogP contribution in [0, 0.1) is 0 Å². The Morgan fingerprint density at radius 3 is 2.70 bits per heavy atom. The Bertz CT molecular complexity index is 723. The molecule has 0 atom stereocenters. The van der Waals surface area contributed by atoms with Crippen LogP contribution in [-0.2, 0) is 6.61 Å².